The van der Waals surface area contributed by atoms with Crippen LogP contribution < -0.4 is 9.47 Å². The van der Waals surface area contributed by atoms with Gasteiger partial charge in [-0.3, -0.25) is 0 Å². The highest BCUT2D eigenvalue weighted by molar-refractivity contribution is 5.50. The Labute approximate surface area is 94.1 Å². The lowest BCUT2D eigenvalue weighted by atomic mass is 9.88. The quantitative estimate of drug-likeness (QED) is 0.761. The summed E-state index contributed by atoms with van der Waals surface area (Å²) < 4.78 is 21.6. The second-order valence-electron chi connectivity index (χ2n) is 4.21. The highest BCUT2D eigenvalue weighted by atomic mass is 16.7. The third kappa shape index (κ3) is 1.23. The molecule has 1 saturated heterocycles. The van der Waals surface area contributed by atoms with Crippen molar-refractivity contribution in [3.63, 3.8) is 0 Å². The Balaban J connectivity index is 2.07. The molecule has 0 atom stereocenters. The molecule has 1 aromatic rings. The van der Waals surface area contributed by atoms with E-state index in [-0.39, 0.29) is 5.60 Å². The smallest absolute Gasteiger partial charge is 0.231 e. The Kier molecular flexibility index (Phi) is 2.09. The van der Waals surface area contributed by atoms with Crippen molar-refractivity contribution in [2.24, 2.45) is 0 Å². The Morgan fingerprint density at radius 2 is 1.88 bits per heavy atom. The van der Waals surface area contributed by atoms with Gasteiger partial charge in [-0.2, -0.15) is 0 Å². The Morgan fingerprint density at radius 1 is 1.19 bits per heavy atom. The van der Waals surface area contributed by atoms with Crippen molar-refractivity contribution in [3.8, 4) is 11.5 Å². The van der Waals surface area contributed by atoms with E-state index in [1.807, 2.05) is 12.1 Å². The van der Waals surface area contributed by atoms with Crippen LogP contribution in [0.4, 0.5) is 0 Å². The predicted octanol–water partition coefficient (Wildman–Crippen LogP) is 1.60. The molecular formula is C12H14O4. The molecule has 0 aliphatic carbocycles. The average Bonchev–Trinajstić information content (AvgIpc) is 2.64. The largest absolute Gasteiger partial charge is 0.454 e. The monoisotopic (exact) mass is 222 g/mol. The number of fused-ring (bicyclic) bond motifs is 1. The van der Waals surface area contributed by atoms with Gasteiger partial charge in [0.05, 0.1) is 13.2 Å². The molecular weight excluding hydrogens is 208 g/mol. The van der Waals surface area contributed by atoms with Crippen molar-refractivity contribution in [3.05, 3.63) is 23.3 Å². The predicted molar refractivity (Wildman–Crippen MR) is 56.8 cm³/mol. The molecule has 0 radical (unpaired) electrons. The van der Waals surface area contributed by atoms with Gasteiger partial charge in [-0.15, -0.1) is 0 Å². The molecule has 1 aromatic carbocycles. The molecule has 0 N–H and O–H groups in total. The lowest BCUT2D eigenvalue weighted by Crippen LogP contribution is -2.48. The van der Waals surface area contributed by atoms with E-state index in [0.717, 1.165) is 22.6 Å². The third-order valence-electron chi connectivity index (χ3n) is 3.27. The highest BCUT2D eigenvalue weighted by Gasteiger charge is 2.42. The second kappa shape index (κ2) is 3.37. The van der Waals surface area contributed by atoms with Crippen LogP contribution in [0.15, 0.2) is 12.1 Å². The minimum atomic E-state index is -0.301. The molecule has 1 fully saturated rings. The molecule has 16 heavy (non-hydrogen) atoms. The first-order valence-electron chi connectivity index (χ1n) is 5.29. The van der Waals surface area contributed by atoms with Gasteiger partial charge in [0.2, 0.25) is 6.79 Å². The van der Waals surface area contributed by atoms with E-state index >= 15 is 0 Å². The van der Waals surface area contributed by atoms with Crippen molar-refractivity contribution >= 4 is 0 Å². The van der Waals surface area contributed by atoms with Crippen molar-refractivity contribution in [1.82, 2.24) is 0 Å². The van der Waals surface area contributed by atoms with Gasteiger partial charge < -0.3 is 18.9 Å². The molecule has 2 aliphatic rings. The van der Waals surface area contributed by atoms with Gasteiger partial charge in [-0.1, -0.05) is 0 Å². The van der Waals surface area contributed by atoms with E-state index in [1.54, 1.807) is 7.11 Å². The zero-order valence-corrected chi connectivity index (χ0v) is 9.41. The summed E-state index contributed by atoms with van der Waals surface area (Å²) in [6, 6.07) is 4.00. The summed E-state index contributed by atoms with van der Waals surface area (Å²) in [4.78, 5) is 0. The van der Waals surface area contributed by atoms with Gasteiger partial charge >= 0.3 is 0 Å². The molecule has 0 amide bonds. The molecule has 0 aromatic heterocycles. The van der Waals surface area contributed by atoms with Gasteiger partial charge in [0, 0.05) is 7.11 Å². The van der Waals surface area contributed by atoms with Crippen LogP contribution in [0.25, 0.3) is 0 Å². The van der Waals surface area contributed by atoms with E-state index in [4.69, 9.17) is 18.9 Å². The van der Waals surface area contributed by atoms with E-state index in [2.05, 4.69) is 6.92 Å². The van der Waals surface area contributed by atoms with Gasteiger partial charge in [-0.25, -0.2) is 0 Å². The second-order valence-corrected chi connectivity index (χ2v) is 4.21. The van der Waals surface area contributed by atoms with Gasteiger partial charge in [-0.05, 0) is 30.2 Å². The van der Waals surface area contributed by atoms with Crippen molar-refractivity contribution < 1.29 is 18.9 Å². The van der Waals surface area contributed by atoms with Crippen LogP contribution in [0.2, 0.25) is 0 Å². The summed E-state index contributed by atoms with van der Waals surface area (Å²) in [6.07, 6.45) is 0. The first-order chi connectivity index (χ1) is 7.75. The third-order valence-corrected chi connectivity index (χ3v) is 3.27. The maximum absolute atomic E-state index is 5.58. The molecule has 0 spiro atoms. The normalized spacial score (nSPS) is 20.6. The maximum atomic E-state index is 5.58. The Hall–Kier alpha value is -1.26. The zero-order valence-electron chi connectivity index (χ0n) is 9.41. The topological polar surface area (TPSA) is 36.9 Å². The number of rotatable bonds is 2. The first-order valence-corrected chi connectivity index (χ1v) is 5.29. The summed E-state index contributed by atoms with van der Waals surface area (Å²) >= 11 is 0. The SMILES string of the molecule is COC1(c2cc3c(cc2C)OCO3)COC1. The number of hydrogen-bond acceptors (Lipinski definition) is 4. The lowest BCUT2D eigenvalue weighted by Gasteiger charge is -2.41. The number of aryl methyl sites for hydroxylation is 1. The van der Waals surface area contributed by atoms with Crippen LogP contribution in [-0.2, 0) is 15.1 Å². The van der Waals surface area contributed by atoms with Crippen LogP contribution in [0, 0.1) is 6.92 Å². The summed E-state index contributed by atoms with van der Waals surface area (Å²) in [5.74, 6) is 1.61. The van der Waals surface area contributed by atoms with Gasteiger partial charge in [0.15, 0.2) is 11.5 Å². The fraction of sp³-hybridized carbons (Fsp3) is 0.500. The lowest BCUT2D eigenvalue weighted by molar-refractivity contribution is -0.202. The summed E-state index contributed by atoms with van der Waals surface area (Å²) in [6.45, 7) is 3.55. The molecule has 0 unspecified atom stereocenters. The highest BCUT2D eigenvalue weighted by Crippen LogP contribution is 2.42. The number of ether oxygens (including phenoxy) is 4. The molecule has 86 valence electrons. The van der Waals surface area contributed by atoms with E-state index in [9.17, 15) is 0 Å². The summed E-state index contributed by atoms with van der Waals surface area (Å²) in [7, 11) is 1.71. The van der Waals surface area contributed by atoms with E-state index < -0.39 is 0 Å². The number of methoxy groups -OCH3 is 1. The van der Waals surface area contributed by atoms with Crippen molar-refractivity contribution in [2.45, 2.75) is 12.5 Å². The van der Waals surface area contributed by atoms with Crippen molar-refractivity contribution in [2.75, 3.05) is 27.1 Å². The minimum Gasteiger partial charge on any atom is -0.454 e. The van der Waals surface area contributed by atoms with E-state index in [0.29, 0.717) is 20.0 Å². The molecule has 0 saturated carbocycles. The molecule has 2 aliphatic heterocycles. The van der Waals surface area contributed by atoms with Crippen molar-refractivity contribution in [1.29, 1.82) is 0 Å². The summed E-state index contributed by atoms with van der Waals surface area (Å²) in [5.41, 5.74) is 1.98. The number of benzene rings is 1. The van der Waals surface area contributed by atoms with Crippen LogP contribution in [-0.4, -0.2) is 27.1 Å². The molecule has 3 rings (SSSR count). The molecule has 0 bridgehead atoms. The zero-order chi connectivity index (χ0) is 11.2. The van der Waals surface area contributed by atoms with Crippen LogP contribution in [0.3, 0.4) is 0 Å². The summed E-state index contributed by atoms with van der Waals surface area (Å²) in [5, 5.41) is 0. The average molecular weight is 222 g/mol. The van der Waals surface area contributed by atoms with E-state index in [1.165, 1.54) is 0 Å². The van der Waals surface area contributed by atoms with Crippen LogP contribution >= 0.6 is 0 Å². The fourth-order valence-electron chi connectivity index (χ4n) is 2.21. The maximum Gasteiger partial charge on any atom is 0.231 e. The standard InChI is InChI=1S/C12H14O4/c1-8-3-10-11(16-7-15-10)4-9(8)12(13-2)5-14-6-12/h3-4H,5-7H2,1-2H3. The van der Waals surface area contributed by atoms with Gasteiger partial charge in [0.1, 0.15) is 5.60 Å². The first kappa shape index (κ1) is 9.93. The molecule has 4 heteroatoms. The fourth-order valence-corrected chi connectivity index (χ4v) is 2.21. The van der Waals surface area contributed by atoms with Crippen LogP contribution in [0.5, 0.6) is 11.5 Å². The Bertz CT molecular complexity index is 418. The van der Waals surface area contributed by atoms with Gasteiger partial charge in [0.25, 0.3) is 0 Å². The minimum absolute atomic E-state index is 0.300. The molecule has 2 heterocycles. The Morgan fingerprint density at radius 3 is 2.44 bits per heavy atom. The van der Waals surface area contributed by atoms with Crippen LogP contribution in [0.1, 0.15) is 11.1 Å². The number of hydrogen-bond donors (Lipinski definition) is 0. The molecule has 4 nitrogen and oxygen atoms in total.